The molecule has 3 nitrogen and oxygen atoms in total. The molecule has 0 fully saturated rings. The van der Waals surface area contributed by atoms with Gasteiger partial charge in [0.05, 0.1) is 11.3 Å². The Bertz CT molecular complexity index is 494. The standard InChI is InChI=1S/C17H23BrN2O/c1-2-3-4-5-6-7-8-9-17(21)20-16-12-15(18)11-10-14(16)13-19/h10-12H,2-9H2,1H3,(H,20,21). The number of halogens is 1. The Morgan fingerprint density at radius 2 is 1.86 bits per heavy atom. The predicted octanol–water partition coefficient (Wildman–Crippen LogP) is 5.40. The van der Waals surface area contributed by atoms with E-state index in [0.717, 1.165) is 17.3 Å². The molecule has 0 radical (unpaired) electrons. The number of carbonyl (C=O) groups is 1. The molecule has 4 heteroatoms. The molecule has 0 bridgehead atoms. The van der Waals surface area contributed by atoms with Crippen molar-refractivity contribution < 1.29 is 4.79 Å². The van der Waals surface area contributed by atoms with Gasteiger partial charge in [0.25, 0.3) is 0 Å². The molecule has 0 aromatic heterocycles. The van der Waals surface area contributed by atoms with Gasteiger partial charge in [0.2, 0.25) is 5.91 Å². The zero-order chi connectivity index (χ0) is 15.5. The van der Waals surface area contributed by atoms with E-state index in [2.05, 4.69) is 34.2 Å². The summed E-state index contributed by atoms with van der Waals surface area (Å²) in [5, 5.41) is 11.8. The van der Waals surface area contributed by atoms with Gasteiger partial charge in [-0.3, -0.25) is 4.79 Å². The second kappa shape index (κ2) is 10.4. The van der Waals surface area contributed by atoms with Gasteiger partial charge in [-0.2, -0.15) is 5.26 Å². The van der Waals surface area contributed by atoms with Crippen molar-refractivity contribution in [3.05, 3.63) is 28.2 Å². The number of nitriles is 1. The normalized spacial score (nSPS) is 10.1. The molecule has 1 rings (SSSR count). The number of benzene rings is 1. The minimum Gasteiger partial charge on any atom is -0.325 e. The van der Waals surface area contributed by atoms with Gasteiger partial charge in [0.1, 0.15) is 6.07 Å². The maximum absolute atomic E-state index is 11.9. The molecule has 114 valence electrons. The number of unbranched alkanes of at least 4 members (excludes halogenated alkanes) is 6. The minimum atomic E-state index is -0.0156. The third-order valence-electron chi connectivity index (χ3n) is 3.38. The highest BCUT2D eigenvalue weighted by atomic mass is 79.9. The van der Waals surface area contributed by atoms with Crippen LogP contribution in [0.1, 0.15) is 63.9 Å². The van der Waals surface area contributed by atoms with E-state index in [4.69, 9.17) is 5.26 Å². The number of nitrogens with zero attached hydrogens (tertiary/aromatic N) is 1. The molecule has 0 aliphatic carbocycles. The van der Waals surface area contributed by atoms with Crippen molar-refractivity contribution in [2.45, 2.75) is 58.3 Å². The maximum atomic E-state index is 11.9. The molecule has 1 N–H and O–H groups in total. The number of rotatable bonds is 9. The fourth-order valence-corrected chi connectivity index (χ4v) is 2.53. The average molecular weight is 351 g/mol. The summed E-state index contributed by atoms with van der Waals surface area (Å²) in [6.07, 6.45) is 8.86. The Labute approximate surface area is 135 Å². The molecular weight excluding hydrogens is 328 g/mol. The van der Waals surface area contributed by atoms with Crippen LogP contribution < -0.4 is 5.32 Å². The maximum Gasteiger partial charge on any atom is 0.224 e. The number of hydrogen-bond acceptors (Lipinski definition) is 2. The summed E-state index contributed by atoms with van der Waals surface area (Å²) in [4.78, 5) is 11.9. The molecule has 1 aromatic carbocycles. The lowest BCUT2D eigenvalue weighted by Crippen LogP contribution is -2.12. The van der Waals surface area contributed by atoms with Crippen molar-refractivity contribution in [2.75, 3.05) is 5.32 Å². The monoisotopic (exact) mass is 350 g/mol. The highest BCUT2D eigenvalue weighted by Gasteiger charge is 2.07. The Morgan fingerprint density at radius 3 is 2.52 bits per heavy atom. The van der Waals surface area contributed by atoms with Gasteiger partial charge < -0.3 is 5.32 Å². The Balaban J connectivity index is 2.28. The largest absolute Gasteiger partial charge is 0.325 e. The Kier molecular flexibility index (Phi) is 8.77. The van der Waals surface area contributed by atoms with Gasteiger partial charge in [-0.25, -0.2) is 0 Å². The molecular formula is C17H23BrN2O. The van der Waals surface area contributed by atoms with Crippen molar-refractivity contribution in [1.82, 2.24) is 0 Å². The van der Waals surface area contributed by atoms with E-state index >= 15 is 0 Å². The number of carbonyl (C=O) groups excluding carboxylic acids is 1. The van der Waals surface area contributed by atoms with Crippen LogP contribution >= 0.6 is 15.9 Å². The van der Waals surface area contributed by atoms with E-state index in [-0.39, 0.29) is 5.91 Å². The van der Waals surface area contributed by atoms with Gasteiger partial charge in [0.15, 0.2) is 0 Å². The van der Waals surface area contributed by atoms with Crippen LogP contribution in [0, 0.1) is 11.3 Å². The molecule has 0 saturated heterocycles. The van der Waals surface area contributed by atoms with Crippen molar-refractivity contribution in [1.29, 1.82) is 5.26 Å². The molecule has 0 heterocycles. The molecule has 0 atom stereocenters. The first-order chi connectivity index (χ1) is 10.2. The molecule has 0 aliphatic heterocycles. The molecule has 0 aliphatic rings. The van der Waals surface area contributed by atoms with E-state index in [1.165, 1.54) is 32.1 Å². The molecule has 0 spiro atoms. The topological polar surface area (TPSA) is 52.9 Å². The van der Waals surface area contributed by atoms with Crippen LogP contribution in [0.5, 0.6) is 0 Å². The van der Waals surface area contributed by atoms with Crippen molar-refractivity contribution in [3.63, 3.8) is 0 Å². The average Bonchev–Trinajstić information content (AvgIpc) is 2.46. The summed E-state index contributed by atoms with van der Waals surface area (Å²) < 4.78 is 0.854. The quantitative estimate of drug-likeness (QED) is 0.606. The van der Waals surface area contributed by atoms with E-state index in [9.17, 15) is 4.79 Å². The van der Waals surface area contributed by atoms with Crippen molar-refractivity contribution >= 4 is 27.5 Å². The summed E-state index contributed by atoms with van der Waals surface area (Å²) >= 11 is 3.35. The van der Waals surface area contributed by atoms with Crippen LogP contribution in [0.15, 0.2) is 22.7 Å². The van der Waals surface area contributed by atoms with E-state index < -0.39 is 0 Å². The van der Waals surface area contributed by atoms with Gasteiger partial charge in [-0.1, -0.05) is 61.4 Å². The third-order valence-corrected chi connectivity index (χ3v) is 3.88. The molecule has 0 saturated carbocycles. The zero-order valence-corrected chi connectivity index (χ0v) is 14.2. The second-order valence-electron chi connectivity index (χ2n) is 5.22. The summed E-state index contributed by atoms with van der Waals surface area (Å²) in [6.45, 7) is 2.21. The predicted molar refractivity (Wildman–Crippen MR) is 90.1 cm³/mol. The zero-order valence-electron chi connectivity index (χ0n) is 12.6. The minimum absolute atomic E-state index is 0.0156. The fraction of sp³-hybridized carbons (Fsp3) is 0.529. The first kappa shape index (κ1) is 17.7. The first-order valence-corrected chi connectivity index (χ1v) is 8.46. The fourth-order valence-electron chi connectivity index (χ4n) is 2.17. The third kappa shape index (κ3) is 7.29. The van der Waals surface area contributed by atoms with Crippen LogP contribution in [0.4, 0.5) is 5.69 Å². The lowest BCUT2D eigenvalue weighted by atomic mass is 10.1. The molecule has 1 amide bonds. The van der Waals surface area contributed by atoms with E-state index in [1.807, 2.05) is 0 Å². The first-order valence-electron chi connectivity index (χ1n) is 7.67. The Hall–Kier alpha value is -1.34. The summed E-state index contributed by atoms with van der Waals surface area (Å²) in [6, 6.07) is 7.35. The Morgan fingerprint density at radius 1 is 1.19 bits per heavy atom. The number of hydrogen-bond donors (Lipinski definition) is 1. The number of nitrogens with one attached hydrogen (secondary N) is 1. The molecule has 0 unspecified atom stereocenters. The van der Waals surface area contributed by atoms with Gasteiger partial charge >= 0.3 is 0 Å². The molecule has 21 heavy (non-hydrogen) atoms. The second-order valence-corrected chi connectivity index (χ2v) is 6.14. The number of amides is 1. The van der Waals surface area contributed by atoms with Crippen LogP contribution in [-0.2, 0) is 4.79 Å². The van der Waals surface area contributed by atoms with Crippen LogP contribution in [-0.4, -0.2) is 5.91 Å². The number of anilines is 1. The SMILES string of the molecule is CCCCCCCCCC(=O)Nc1cc(Br)ccc1C#N. The lowest BCUT2D eigenvalue weighted by Gasteiger charge is -2.07. The van der Waals surface area contributed by atoms with Crippen molar-refractivity contribution in [3.8, 4) is 6.07 Å². The highest BCUT2D eigenvalue weighted by Crippen LogP contribution is 2.21. The summed E-state index contributed by atoms with van der Waals surface area (Å²) in [5.41, 5.74) is 1.07. The van der Waals surface area contributed by atoms with E-state index in [1.54, 1.807) is 18.2 Å². The summed E-state index contributed by atoms with van der Waals surface area (Å²) in [7, 11) is 0. The lowest BCUT2D eigenvalue weighted by molar-refractivity contribution is -0.116. The highest BCUT2D eigenvalue weighted by molar-refractivity contribution is 9.10. The molecule has 1 aromatic rings. The van der Waals surface area contributed by atoms with Gasteiger partial charge in [-0.15, -0.1) is 0 Å². The van der Waals surface area contributed by atoms with Gasteiger partial charge in [0, 0.05) is 10.9 Å². The van der Waals surface area contributed by atoms with Crippen LogP contribution in [0.3, 0.4) is 0 Å². The van der Waals surface area contributed by atoms with E-state index in [0.29, 0.717) is 17.7 Å². The summed E-state index contributed by atoms with van der Waals surface area (Å²) in [5.74, 6) is -0.0156. The smallest absolute Gasteiger partial charge is 0.224 e. The van der Waals surface area contributed by atoms with Crippen LogP contribution in [0.2, 0.25) is 0 Å². The van der Waals surface area contributed by atoms with Crippen molar-refractivity contribution in [2.24, 2.45) is 0 Å². The van der Waals surface area contributed by atoms with Crippen LogP contribution in [0.25, 0.3) is 0 Å². The van der Waals surface area contributed by atoms with Gasteiger partial charge in [-0.05, 0) is 24.6 Å².